The fourth-order valence-corrected chi connectivity index (χ4v) is 4.18. The van der Waals surface area contributed by atoms with E-state index in [1.54, 1.807) is 12.3 Å². The zero-order valence-corrected chi connectivity index (χ0v) is 18.4. The lowest BCUT2D eigenvalue weighted by molar-refractivity contribution is 0.778. The molecule has 3 nitrogen and oxygen atoms in total. The molecule has 0 N–H and O–H groups in total. The van der Waals surface area contributed by atoms with Gasteiger partial charge in [0.15, 0.2) is 0 Å². The van der Waals surface area contributed by atoms with Crippen LogP contribution < -0.4 is 0 Å². The Morgan fingerprint density at radius 2 is 1.55 bits per heavy atom. The molecule has 0 saturated heterocycles. The SMILES string of the molecule is CCn1c(-c2c(Cl)cccc2Cl)nc(-c2ccnc(Cl)c2)c1-c1ccc(Cl)cc1. The molecule has 2 aromatic carbocycles. The number of halogens is 4. The van der Waals surface area contributed by atoms with Crippen LogP contribution in [0, 0.1) is 0 Å². The fourth-order valence-electron chi connectivity index (χ4n) is 3.31. The standard InChI is InChI=1S/C22H15Cl4N3/c1-2-29-21(13-6-8-15(23)9-7-13)20(14-10-11-27-18(26)12-14)28-22(29)19-16(24)4-3-5-17(19)25/h3-12H,2H2,1H3. The lowest BCUT2D eigenvalue weighted by Gasteiger charge is -2.13. The Labute approximate surface area is 188 Å². The first-order valence-electron chi connectivity index (χ1n) is 8.92. The number of imidazole rings is 1. The summed E-state index contributed by atoms with van der Waals surface area (Å²) in [6, 6.07) is 16.8. The van der Waals surface area contributed by atoms with Crippen LogP contribution in [0.5, 0.6) is 0 Å². The molecule has 146 valence electrons. The van der Waals surface area contributed by atoms with E-state index >= 15 is 0 Å². The molecule has 0 bridgehead atoms. The minimum absolute atomic E-state index is 0.396. The molecule has 2 aromatic heterocycles. The molecule has 0 saturated carbocycles. The van der Waals surface area contributed by atoms with E-state index in [-0.39, 0.29) is 0 Å². The minimum atomic E-state index is 0.396. The number of rotatable bonds is 4. The van der Waals surface area contributed by atoms with Gasteiger partial charge >= 0.3 is 0 Å². The van der Waals surface area contributed by atoms with Gasteiger partial charge in [0.05, 0.1) is 27.0 Å². The average Bonchev–Trinajstić information content (AvgIpc) is 3.07. The maximum atomic E-state index is 6.51. The lowest BCUT2D eigenvalue weighted by Crippen LogP contribution is -2.01. The first-order chi connectivity index (χ1) is 14.0. The van der Waals surface area contributed by atoms with Crippen LogP contribution in [0.15, 0.2) is 60.8 Å². The first kappa shape index (κ1) is 20.2. The van der Waals surface area contributed by atoms with Gasteiger partial charge in [0, 0.05) is 28.9 Å². The Kier molecular flexibility index (Phi) is 5.84. The molecule has 0 fully saturated rings. The third kappa shape index (κ3) is 3.88. The molecule has 0 aliphatic rings. The van der Waals surface area contributed by atoms with Crippen LogP contribution in [0.3, 0.4) is 0 Å². The number of hydrogen-bond donors (Lipinski definition) is 0. The van der Waals surface area contributed by atoms with Gasteiger partial charge in [-0.25, -0.2) is 9.97 Å². The van der Waals surface area contributed by atoms with Crippen LogP contribution in [0.2, 0.25) is 20.2 Å². The number of nitrogens with zero attached hydrogens (tertiary/aromatic N) is 3. The third-order valence-electron chi connectivity index (χ3n) is 4.59. The summed E-state index contributed by atoms with van der Waals surface area (Å²) < 4.78 is 2.10. The Morgan fingerprint density at radius 1 is 0.862 bits per heavy atom. The molecule has 0 aliphatic heterocycles. The van der Waals surface area contributed by atoms with Gasteiger partial charge in [0.1, 0.15) is 11.0 Å². The highest BCUT2D eigenvalue weighted by Gasteiger charge is 2.23. The largest absolute Gasteiger partial charge is 0.324 e. The van der Waals surface area contributed by atoms with Crippen LogP contribution in [-0.4, -0.2) is 14.5 Å². The topological polar surface area (TPSA) is 30.7 Å². The van der Waals surface area contributed by atoms with Crippen molar-refractivity contribution in [1.82, 2.24) is 14.5 Å². The molecule has 2 heterocycles. The number of hydrogen-bond acceptors (Lipinski definition) is 2. The average molecular weight is 463 g/mol. The number of pyridine rings is 1. The number of aromatic nitrogens is 3. The third-order valence-corrected chi connectivity index (χ3v) is 5.68. The summed E-state index contributed by atoms with van der Waals surface area (Å²) in [6.07, 6.45) is 1.66. The van der Waals surface area contributed by atoms with Crippen LogP contribution in [0.1, 0.15) is 6.92 Å². The Hall–Kier alpha value is -2.04. The van der Waals surface area contributed by atoms with Crippen LogP contribution in [0.25, 0.3) is 33.9 Å². The Morgan fingerprint density at radius 3 is 2.17 bits per heavy atom. The van der Waals surface area contributed by atoms with E-state index in [4.69, 9.17) is 51.4 Å². The molecule has 4 rings (SSSR count). The van der Waals surface area contributed by atoms with Crippen LogP contribution in [-0.2, 0) is 6.54 Å². The lowest BCUT2D eigenvalue weighted by atomic mass is 10.1. The molecule has 0 aliphatic carbocycles. The maximum absolute atomic E-state index is 6.51. The molecule has 0 radical (unpaired) electrons. The van der Waals surface area contributed by atoms with Gasteiger partial charge in [-0.1, -0.05) is 64.6 Å². The number of benzene rings is 2. The molecule has 0 spiro atoms. The van der Waals surface area contributed by atoms with Crippen molar-refractivity contribution in [2.75, 3.05) is 0 Å². The molecule has 0 unspecified atom stereocenters. The predicted molar refractivity (Wildman–Crippen MR) is 122 cm³/mol. The summed E-state index contributed by atoms with van der Waals surface area (Å²) >= 11 is 25.3. The second kappa shape index (κ2) is 8.37. The summed E-state index contributed by atoms with van der Waals surface area (Å²) in [5.41, 5.74) is 4.22. The van der Waals surface area contributed by atoms with E-state index < -0.39 is 0 Å². The van der Waals surface area contributed by atoms with Crippen molar-refractivity contribution in [3.05, 3.63) is 81.0 Å². The van der Waals surface area contributed by atoms with Gasteiger partial charge in [-0.15, -0.1) is 0 Å². The van der Waals surface area contributed by atoms with Crippen molar-refractivity contribution in [3.8, 4) is 33.9 Å². The summed E-state index contributed by atoms with van der Waals surface area (Å²) in [5.74, 6) is 0.691. The van der Waals surface area contributed by atoms with E-state index in [9.17, 15) is 0 Å². The summed E-state index contributed by atoms with van der Waals surface area (Å²) in [4.78, 5) is 9.04. The van der Waals surface area contributed by atoms with Gasteiger partial charge in [0.25, 0.3) is 0 Å². The van der Waals surface area contributed by atoms with Gasteiger partial charge in [-0.05, 0) is 43.3 Å². The van der Waals surface area contributed by atoms with Crippen molar-refractivity contribution in [3.63, 3.8) is 0 Å². The van der Waals surface area contributed by atoms with Gasteiger partial charge < -0.3 is 4.57 Å². The van der Waals surface area contributed by atoms with Crippen molar-refractivity contribution >= 4 is 46.4 Å². The quantitative estimate of drug-likeness (QED) is 0.288. The molecule has 7 heteroatoms. The molecule has 0 amide bonds. The monoisotopic (exact) mass is 461 g/mol. The molecule has 4 aromatic rings. The van der Waals surface area contributed by atoms with Crippen molar-refractivity contribution in [2.24, 2.45) is 0 Å². The van der Waals surface area contributed by atoms with Crippen LogP contribution >= 0.6 is 46.4 Å². The normalized spacial score (nSPS) is 11.1. The first-order valence-corrected chi connectivity index (χ1v) is 10.4. The van der Waals surface area contributed by atoms with E-state index in [1.165, 1.54) is 0 Å². The van der Waals surface area contributed by atoms with Crippen molar-refractivity contribution in [2.45, 2.75) is 13.5 Å². The van der Waals surface area contributed by atoms with Crippen molar-refractivity contribution < 1.29 is 0 Å². The van der Waals surface area contributed by atoms with Gasteiger partial charge in [-0.2, -0.15) is 0 Å². The highest BCUT2D eigenvalue weighted by molar-refractivity contribution is 6.39. The fraction of sp³-hybridized carbons (Fsp3) is 0.0909. The summed E-state index contributed by atoms with van der Waals surface area (Å²) in [7, 11) is 0. The molecule has 29 heavy (non-hydrogen) atoms. The highest BCUT2D eigenvalue weighted by atomic mass is 35.5. The Bertz CT molecular complexity index is 1160. The zero-order chi connectivity index (χ0) is 20.5. The summed E-state index contributed by atoms with van der Waals surface area (Å²) in [5, 5.41) is 2.14. The zero-order valence-electron chi connectivity index (χ0n) is 15.3. The second-order valence-corrected chi connectivity index (χ2v) is 7.99. The van der Waals surface area contributed by atoms with E-state index in [0.29, 0.717) is 38.2 Å². The summed E-state index contributed by atoms with van der Waals surface area (Å²) in [6.45, 7) is 2.72. The smallest absolute Gasteiger partial charge is 0.144 e. The van der Waals surface area contributed by atoms with Gasteiger partial charge in [0.2, 0.25) is 0 Å². The predicted octanol–water partition coefficient (Wildman–Crippen LogP) is 7.91. The second-order valence-electron chi connectivity index (χ2n) is 6.35. The molecular weight excluding hydrogens is 448 g/mol. The Balaban J connectivity index is 2.07. The molecule has 0 atom stereocenters. The van der Waals surface area contributed by atoms with E-state index in [2.05, 4.69) is 16.5 Å². The van der Waals surface area contributed by atoms with Crippen LogP contribution in [0.4, 0.5) is 0 Å². The van der Waals surface area contributed by atoms with Crippen molar-refractivity contribution in [1.29, 1.82) is 0 Å². The molecular formula is C22H15Cl4N3. The van der Waals surface area contributed by atoms with E-state index in [1.807, 2.05) is 48.5 Å². The van der Waals surface area contributed by atoms with Gasteiger partial charge in [-0.3, -0.25) is 0 Å². The highest BCUT2D eigenvalue weighted by Crippen LogP contribution is 2.41. The minimum Gasteiger partial charge on any atom is -0.324 e. The van der Waals surface area contributed by atoms with E-state index in [0.717, 1.165) is 22.5 Å². The maximum Gasteiger partial charge on any atom is 0.144 e.